The zero-order chi connectivity index (χ0) is 17.8. The summed E-state index contributed by atoms with van der Waals surface area (Å²) in [6, 6.07) is 15.5. The normalized spacial score (nSPS) is 33.5. The molecule has 2 aromatic rings. The maximum atomic E-state index is 11.7. The van der Waals surface area contributed by atoms with Crippen molar-refractivity contribution in [3.8, 4) is 0 Å². The van der Waals surface area contributed by atoms with Gasteiger partial charge >= 0.3 is 0 Å². The van der Waals surface area contributed by atoms with Crippen molar-refractivity contribution in [3.05, 3.63) is 48.0 Å². The fraction of sp³-hybridized carbons (Fsp3) is 0.542. The first kappa shape index (κ1) is 16.5. The summed E-state index contributed by atoms with van der Waals surface area (Å²) in [5.74, 6) is 0.336. The lowest BCUT2D eigenvalue weighted by molar-refractivity contribution is -0.164. The molecule has 0 atom stereocenters. The Hall–Kier alpha value is -1.67. The van der Waals surface area contributed by atoms with E-state index in [-0.39, 0.29) is 10.8 Å². The van der Waals surface area contributed by atoms with Crippen LogP contribution in [0, 0.1) is 5.41 Å². The fourth-order valence-electron chi connectivity index (χ4n) is 6.45. The molecule has 4 fully saturated rings. The van der Waals surface area contributed by atoms with Crippen LogP contribution in [0.3, 0.4) is 0 Å². The summed E-state index contributed by atoms with van der Waals surface area (Å²) in [6.45, 7) is 0. The summed E-state index contributed by atoms with van der Waals surface area (Å²) >= 11 is 0. The lowest BCUT2D eigenvalue weighted by Crippen LogP contribution is -2.57. The quantitative estimate of drug-likeness (QED) is 0.799. The zero-order valence-electron chi connectivity index (χ0n) is 15.5. The molecular weight excluding hydrogens is 320 g/mol. The maximum Gasteiger partial charge on any atom is 0.133 e. The number of benzene rings is 2. The highest BCUT2D eigenvalue weighted by Crippen LogP contribution is 2.64. The number of carbonyl (C=O) groups is 1. The van der Waals surface area contributed by atoms with Crippen molar-refractivity contribution in [3.63, 3.8) is 0 Å². The van der Waals surface area contributed by atoms with Crippen molar-refractivity contribution in [2.45, 2.75) is 75.2 Å². The van der Waals surface area contributed by atoms with Gasteiger partial charge in [0.05, 0.1) is 5.60 Å². The van der Waals surface area contributed by atoms with E-state index in [9.17, 15) is 9.90 Å². The van der Waals surface area contributed by atoms with Crippen LogP contribution in [0.1, 0.15) is 69.8 Å². The number of ketones is 1. The van der Waals surface area contributed by atoms with E-state index in [1.807, 2.05) is 0 Å². The third-order valence-corrected chi connectivity index (χ3v) is 8.23. The monoisotopic (exact) mass is 348 g/mol. The van der Waals surface area contributed by atoms with Gasteiger partial charge in [-0.3, -0.25) is 4.79 Å². The maximum absolute atomic E-state index is 11.7. The van der Waals surface area contributed by atoms with Crippen LogP contribution in [-0.2, 0) is 10.2 Å². The number of hydrogen-bond donors (Lipinski definition) is 1. The van der Waals surface area contributed by atoms with Gasteiger partial charge in [0, 0.05) is 12.8 Å². The number of aliphatic hydroxyl groups is 1. The zero-order valence-corrected chi connectivity index (χ0v) is 15.5. The number of rotatable bonds is 2. The minimum Gasteiger partial charge on any atom is -0.389 e. The smallest absolute Gasteiger partial charge is 0.133 e. The molecule has 0 saturated heterocycles. The molecule has 2 nitrogen and oxygen atoms in total. The molecule has 0 heterocycles. The molecule has 4 aliphatic carbocycles. The van der Waals surface area contributed by atoms with Crippen molar-refractivity contribution in [1.29, 1.82) is 0 Å². The van der Waals surface area contributed by atoms with Gasteiger partial charge in [-0.05, 0) is 78.5 Å². The first-order valence-electron chi connectivity index (χ1n) is 10.3. The third kappa shape index (κ3) is 2.24. The Kier molecular flexibility index (Phi) is 3.59. The molecule has 26 heavy (non-hydrogen) atoms. The van der Waals surface area contributed by atoms with Gasteiger partial charge in [0.25, 0.3) is 0 Å². The van der Waals surface area contributed by atoms with Gasteiger partial charge in [-0.15, -0.1) is 0 Å². The van der Waals surface area contributed by atoms with Gasteiger partial charge in [-0.25, -0.2) is 0 Å². The summed E-state index contributed by atoms with van der Waals surface area (Å²) in [5, 5.41) is 14.2. The van der Waals surface area contributed by atoms with Gasteiger partial charge in [-0.1, -0.05) is 42.5 Å². The Labute approximate surface area is 155 Å². The molecule has 4 saturated carbocycles. The summed E-state index contributed by atoms with van der Waals surface area (Å²) in [5.41, 5.74) is 1.25. The van der Waals surface area contributed by atoms with Crippen molar-refractivity contribution >= 4 is 16.6 Å². The predicted octanol–water partition coefficient (Wildman–Crippen LogP) is 5.31. The SMILES string of the molecule is O=C1CCC(O)(C23CCC(c4cccc5ccccc45)(CC2)CC3)CC1. The van der Waals surface area contributed by atoms with Crippen LogP contribution < -0.4 is 0 Å². The summed E-state index contributed by atoms with van der Waals surface area (Å²) < 4.78 is 0. The van der Waals surface area contributed by atoms with Crippen molar-refractivity contribution in [2.75, 3.05) is 0 Å². The number of fused-ring (bicyclic) bond motifs is 4. The Morgan fingerprint density at radius 3 is 2.04 bits per heavy atom. The first-order chi connectivity index (χ1) is 12.6. The van der Waals surface area contributed by atoms with Crippen LogP contribution in [0.5, 0.6) is 0 Å². The van der Waals surface area contributed by atoms with E-state index in [2.05, 4.69) is 42.5 Å². The molecule has 0 aliphatic heterocycles. The lowest BCUT2D eigenvalue weighted by atomic mass is 9.46. The molecule has 1 N–H and O–H groups in total. The topological polar surface area (TPSA) is 37.3 Å². The van der Waals surface area contributed by atoms with E-state index in [0.29, 0.717) is 31.5 Å². The summed E-state index contributed by atoms with van der Waals surface area (Å²) in [4.78, 5) is 11.7. The van der Waals surface area contributed by atoms with Crippen LogP contribution in [0.25, 0.3) is 10.8 Å². The van der Waals surface area contributed by atoms with Crippen LogP contribution in [0.15, 0.2) is 42.5 Å². The van der Waals surface area contributed by atoms with Gasteiger partial charge in [0.15, 0.2) is 0 Å². The van der Waals surface area contributed by atoms with E-state index in [1.165, 1.54) is 35.6 Å². The second kappa shape index (κ2) is 5.66. The highest BCUT2D eigenvalue weighted by molar-refractivity contribution is 5.86. The van der Waals surface area contributed by atoms with E-state index < -0.39 is 5.60 Å². The Morgan fingerprint density at radius 1 is 0.731 bits per heavy atom. The standard InChI is InChI=1S/C24H28O2/c25-19-8-10-24(26,11-9-19)23-15-12-22(13-16-23,14-17-23)21-7-3-5-18-4-1-2-6-20(18)21/h1-7,26H,8-17H2. The average Bonchev–Trinajstić information content (AvgIpc) is 2.71. The molecule has 2 aromatic carbocycles. The molecule has 0 unspecified atom stereocenters. The molecule has 0 aromatic heterocycles. The summed E-state index contributed by atoms with van der Waals surface area (Å²) in [7, 11) is 0. The molecule has 0 radical (unpaired) electrons. The molecule has 136 valence electrons. The number of Topliss-reactive ketones (excluding diaryl/α,β-unsaturated/α-hetero) is 1. The highest BCUT2D eigenvalue weighted by atomic mass is 16.3. The van der Waals surface area contributed by atoms with Crippen molar-refractivity contribution < 1.29 is 9.90 Å². The van der Waals surface area contributed by atoms with E-state index >= 15 is 0 Å². The number of hydrogen-bond acceptors (Lipinski definition) is 2. The Bertz CT molecular complexity index is 826. The molecule has 0 amide bonds. The minimum atomic E-state index is -0.605. The molecule has 4 aliphatic rings. The Balaban J connectivity index is 1.47. The molecular formula is C24H28O2. The van der Waals surface area contributed by atoms with Gasteiger partial charge in [0.1, 0.15) is 5.78 Å². The molecule has 6 rings (SSSR count). The van der Waals surface area contributed by atoms with Gasteiger partial charge in [0.2, 0.25) is 0 Å². The minimum absolute atomic E-state index is 0.0556. The van der Waals surface area contributed by atoms with E-state index in [4.69, 9.17) is 0 Å². The van der Waals surface area contributed by atoms with Crippen LogP contribution in [0.4, 0.5) is 0 Å². The van der Waals surface area contributed by atoms with Crippen LogP contribution >= 0.6 is 0 Å². The van der Waals surface area contributed by atoms with Crippen LogP contribution in [-0.4, -0.2) is 16.5 Å². The second-order valence-corrected chi connectivity index (χ2v) is 9.16. The second-order valence-electron chi connectivity index (χ2n) is 9.16. The number of carbonyl (C=O) groups excluding carboxylic acids is 1. The van der Waals surface area contributed by atoms with Crippen molar-refractivity contribution in [1.82, 2.24) is 0 Å². The first-order valence-corrected chi connectivity index (χ1v) is 10.3. The largest absolute Gasteiger partial charge is 0.389 e. The van der Waals surface area contributed by atoms with E-state index in [1.54, 1.807) is 0 Å². The molecule has 2 bridgehead atoms. The van der Waals surface area contributed by atoms with Crippen molar-refractivity contribution in [2.24, 2.45) is 5.41 Å². The fourth-order valence-corrected chi connectivity index (χ4v) is 6.45. The van der Waals surface area contributed by atoms with Gasteiger partial charge < -0.3 is 5.11 Å². The summed E-state index contributed by atoms with van der Waals surface area (Å²) in [6.07, 6.45) is 9.40. The Morgan fingerprint density at radius 2 is 1.35 bits per heavy atom. The molecule has 0 spiro atoms. The average molecular weight is 348 g/mol. The third-order valence-electron chi connectivity index (χ3n) is 8.23. The predicted molar refractivity (Wildman–Crippen MR) is 104 cm³/mol. The van der Waals surface area contributed by atoms with Gasteiger partial charge in [-0.2, -0.15) is 0 Å². The molecule has 2 heteroatoms. The lowest BCUT2D eigenvalue weighted by Gasteiger charge is -2.60. The highest BCUT2D eigenvalue weighted by Gasteiger charge is 2.58. The van der Waals surface area contributed by atoms with E-state index in [0.717, 1.165) is 19.3 Å². The van der Waals surface area contributed by atoms with Crippen LogP contribution in [0.2, 0.25) is 0 Å².